The zero-order valence-corrected chi connectivity index (χ0v) is 9.92. The maximum atomic E-state index is 10.8. The Bertz CT molecular complexity index is 404. The molecule has 0 saturated carbocycles. The van der Waals surface area contributed by atoms with Gasteiger partial charge in [-0.3, -0.25) is 10.1 Å². The van der Waals surface area contributed by atoms with Gasteiger partial charge in [-0.2, -0.15) is 0 Å². The number of nitro benzene ring substituents is 1. The van der Waals surface area contributed by atoms with Gasteiger partial charge in [0.1, 0.15) is 5.69 Å². The summed E-state index contributed by atoms with van der Waals surface area (Å²) in [6.07, 6.45) is -0.358. The van der Waals surface area contributed by atoms with E-state index in [1.807, 2.05) is 28.7 Å². The van der Waals surface area contributed by atoms with E-state index in [9.17, 15) is 10.1 Å². The van der Waals surface area contributed by atoms with Gasteiger partial charge in [0, 0.05) is 22.7 Å². The van der Waals surface area contributed by atoms with Crippen LogP contribution in [0.2, 0.25) is 0 Å². The second-order valence-electron chi connectivity index (χ2n) is 3.45. The number of aliphatic hydroxyl groups excluding tert-OH is 1. The first-order valence-corrected chi connectivity index (χ1v) is 5.53. The van der Waals surface area contributed by atoms with E-state index < -0.39 is 0 Å². The van der Waals surface area contributed by atoms with Crippen molar-refractivity contribution in [1.29, 1.82) is 0 Å². The molecule has 1 aliphatic rings. The zero-order chi connectivity index (χ0) is 11.0. The lowest BCUT2D eigenvalue weighted by Crippen LogP contribution is -2.51. The van der Waals surface area contributed by atoms with Gasteiger partial charge in [0.15, 0.2) is 0 Å². The first kappa shape index (κ1) is 10.6. The minimum absolute atomic E-state index is 0.105. The fourth-order valence-corrected chi connectivity index (χ4v) is 2.04. The highest BCUT2D eigenvalue weighted by Gasteiger charge is 2.29. The molecular formula is C9H9IN2O3. The molecule has 1 aromatic rings. The van der Waals surface area contributed by atoms with Gasteiger partial charge in [-0.15, -0.1) is 0 Å². The quantitative estimate of drug-likeness (QED) is 0.508. The third-order valence-corrected chi connectivity index (χ3v) is 3.01. The van der Waals surface area contributed by atoms with Gasteiger partial charge in [-0.05, 0) is 34.7 Å². The van der Waals surface area contributed by atoms with Gasteiger partial charge in [0.05, 0.1) is 11.0 Å². The third kappa shape index (κ3) is 2.05. The standard InChI is InChI=1S/C9H9IN2O3/c10-6-1-2-8(9(3-6)12(14)15)11-4-7(13)5-11/h1-3,7,13H,4-5H2. The molecule has 0 atom stereocenters. The lowest BCUT2D eigenvalue weighted by Gasteiger charge is -2.37. The number of halogens is 1. The molecule has 80 valence electrons. The Morgan fingerprint density at radius 2 is 2.20 bits per heavy atom. The van der Waals surface area contributed by atoms with E-state index in [-0.39, 0.29) is 16.7 Å². The molecule has 0 amide bonds. The molecule has 0 spiro atoms. The average molecular weight is 320 g/mol. The highest BCUT2D eigenvalue weighted by molar-refractivity contribution is 14.1. The summed E-state index contributed by atoms with van der Waals surface area (Å²) >= 11 is 2.04. The van der Waals surface area contributed by atoms with E-state index in [4.69, 9.17) is 5.11 Å². The van der Waals surface area contributed by atoms with Crippen LogP contribution in [0.1, 0.15) is 0 Å². The summed E-state index contributed by atoms with van der Waals surface area (Å²) in [6.45, 7) is 0.947. The van der Waals surface area contributed by atoms with E-state index in [0.717, 1.165) is 3.57 Å². The van der Waals surface area contributed by atoms with Crippen molar-refractivity contribution in [2.24, 2.45) is 0 Å². The van der Waals surface area contributed by atoms with Crippen LogP contribution in [-0.2, 0) is 0 Å². The smallest absolute Gasteiger partial charge is 0.293 e. The van der Waals surface area contributed by atoms with Crippen LogP contribution in [0.25, 0.3) is 0 Å². The molecule has 1 N–H and O–H groups in total. The van der Waals surface area contributed by atoms with Crippen molar-refractivity contribution < 1.29 is 10.0 Å². The Morgan fingerprint density at radius 3 is 2.73 bits per heavy atom. The van der Waals surface area contributed by atoms with E-state index in [2.05, 4.69) is 0 Å². The van der Waals surface area contributed by atoms with Gasteiger partial charge in [-0.25, -0.2) is 0 Å². The fraction of sp³-hybridized carbons (Fsp3) is 0.333. The van der Waals surface area contributed by atoms with Crippen LogP contribution in [0, 0.1) is 13.7 Å². The van der Waals surface area contributed by atoms with Gasteiger partial charge < -0.3 is 10.0 Å². The molecular weight excluding hydrogens is 311 g/mol. The third-order valence-electron chi connectivity index (χ3n) is 2.34. The molecule has 1 saturated heterocycles. The van der Waals surface area contributed by atoms with E-state index >= 15 is 0 Å². The highest BCUT2D eigenvalue weighted by atomic mass is 127. The van der Waals surface area contributed by atoms with Crippen molar-refractivity contribution in [3.8, 4) is 0 Å². The Morgan fingerprint density at radius 1 is 1.53 bits per heavy atom. The summed E-state index contributed by atoms with van der Waals surface area (Å²) in [5, 5.41) is 20.0. The van der Waals surface area contributed by atoms with Crippen LogP contribution < -0.4 is 4.90 Å². The van der Waals surface area contributed by atoms with Crippen molar-refractivity contribution >= 4 is 34.0 Å². The second-order valence-corrected chi connectivity index (χ2v) is 4.69. The Labute approximate surface area is 100.0 Å². The van der Waals surface area contributed by atoms with Crippen LogP contribution in [0.15, 0.2) is 18.2 Å². The number of rotatable bonds is 2. The normalized spacial score (nSPS) is 16.3. The number of benzene rings is 1. The summed E-state index contributed by atoms with van der Waals surface area (Å²) in [5.41, 5.74) is 0.694. The van der Waals surface area contributed by atoms with E-state index in [0.29, 0.717) is 18.8 Å². The predicted molar refractivity (Wildman–Crippen MR) is 64.0 cm³/mol. The molecule has 2 rings (SSSR count). The molecule has 1 aromatic carbocycles. The number of nitro groups is 1. The summed E-state index contributed by atoms with van der Waals surface area (Å²) in [7, 11) is 0. The number of nitrogens with zero attached hydrogens (tertiary/aromatic N) is 2. The SMILES string of the molecule is O=[N+]([O-])c1cc(I)ccc1N1CC(O)C1. The lowest BCUT2D eigenvalue weighted by atomic mass is 10.1. The van der Waals surface area contributed by atoms with Crippen LogP contribution in [0.5, 0.6) is 0 Å². The van der Waals surface area contributed by atoms with Crippen LogP contribution >= 0.6 is 22.6 Å². The topological polar surface area (TPSA) is 66.6 Å². The van der Waals surface area contributed by atoms with Crippen LogP contribution in [0.4, 0.5) is 11.4 Å². The molecule has 15 heavy (non-hydrogen) atoms. The first-order valence-electron chi connectivity index (χ1n) is 4.45. The molecule has 1 aliphatic heterocycles. The van der Waals surface area contributed by atoms with E-state index in [1.54, 1.807) is 17.0 Å². The molecule has 6 heteroatoms. The molecule has 0 unspecified atom stereocenters. The van der Waals surface area contributed by atoms with E-state index in [1.165, 1.54) is 0 Å². The summed E-state index contributed by atoms with van der Waals surface area (Å²) in [5.74, 6) is 0. The van der Waals surface area contributed by atoms with Crippen molar-refractivity contribution in [2.45, 2.75) is 6.10 Å². The van der Waals surface area contributed by atoms with Gasteiger partial charge >= 0.3 is 0 Å². The molecule has 5 nitrogen and oxygen atoms in total. The number of anilines is 1. The maximum Gasteiger partial charge on any atom is 0.293 e. The molecule has 0 aliphatic carbocycles. The van der Waals surface area contributed by atoms with Crippen molar-refractivity contribution in [3.05, 3.63) is 31.9 Å². The van der Waals surface area contributed by atoms with Gasteiger partial charge in [0.2, 0.25) is 0 Å². The molecule has 1 fully saturated rings. The maximum absolute atomic E-state index is 10.8. The summed E-state index contributed by atoms with van der Waals surface area (Å²) in [4.78, 5) is 12.2. The summed E-state index contributed by atoms with van der Waals surface area (Å²) in [6, 6.07) is 5.10. The van der Waals surface area contributed by atoms with Gasteiger partial charge in [-0.1, -0.05) is 0 Å². The van der Waals surface area contributed by atoms with Crippen molar-refractivity contribution in [1.82, 2.24) is 0 Å². The highest BCUT2D eigenvalue weighted by Crippen LogP contribution is 2.32. The fourth-order valence-electron chi connectivity index (χ4n) is 1.56. The Balaban J connectivity index is 2.34. The zero-order valence-electron chi connectivity index (χ0n) is 7.76. The van der Waals surface area contributed by atoms with Crippen LogP contribution in [-0.4, -0.2) is 29.2 Å². The molecule has 1 heterocycles. The van der Waals surface area contributed by atoms with Crippen LogP contribution in [0.3, 0.4) is 0 Å². The number of aliphatic hydroxyl groups is 1. The minimum Gasteiger partial charge on any atom is -0.389 e. The molecule has 0 aromatic heterocycles. The largest absolute Gasteiger partial charge is 0.389 e. The monoisotopic (exact) mass is 320 g/mol. The second kappa shape index (κ2) is 3.93. The van der Waals surface area contributed by atoms with Crippen molar-refractivity contribution in [3.63, 3.8) is 0 Å². The number of hydrogen-bond donors (Lipinski definition) is 1. The van der Waals surface area contributed by atoms with Crippen molar-refractivity contribution in [2.75, 3.05) is 18.0 Å². The van der Waals surface area contributed by atoms with Gasteiger partial charge in [0.25, 0.3) is 5.69 Å². The predicted octanol–water partition coefficient (Wildman–Crippen LogP) is 1.38. The molecule has 0 bridgehead atoms. The first-order chi connectivity index (χ1) is 7.08. The molecule has 0 radical (unpaired) electrons. The number of hydrogen-bond acceptors (Lipinski definition) is 4. The average Bonchev–Trinajstić information content (AvgIpc) is 2.13. The lowest BCUT2D eigenvalue weighted by molar-refractivity contribution is -0.384. The Kier molecular flexibility index (Phi) is 2.79. The Hall–Kier alpha value is -0.890. The number of β-amino-alcohol motifs (C(OH)–C–C–N with tert-alkyl or cyclic N) is 1. The minimum atomic E-state index is -0.387. The summed E-state index contributed by atoms with van der Waals surface area (Å²) < 4.78 is 0.837.